The third-order valence-electron chi connectivity index (χ3n) is 0.862. The van der Waals surface area contributed by atoms with E-state index in [1.165, 1.54) is 0 Å². The van der Waals surface area contributed by atoms with Crippen LogP contribution in [0.3, 0.4) is 0 Å². The zero-order valence-corrected chi connectivity index (χ0v) is 9.34. The van der Waals surface area contributed by atoms with E-state index in [2.05, 4.69) is 0 Å². The predicted molar refractivity (Wildman–Crippen MR) is 42.5 cm³/mol. The fourth-order valence-corrected chi connectivity index (χ4v) is 1.76. The molecule has 1 radical (unpaired) electrons. The molecule has 0 N–H and O–H groups in total. The van der Waals surface area contributed by atoms with Crippen LogP contribution in [0.5, 0.6) is 0 Å². The van der Waals surface area contributed by atoms with E-state index in [4.69, 9.17) is 13.6 Å². The minimum Gasteiger partial charge on any atom is -0.287 e. The first kappa shape index (κ1) is 15.1. The van der Waals surface area contributed by atoms with Crippen LogP contribution < -0.4 is 0 Å². The molecule has 0 aromatic heterocycles. The molecule has 0 heterocycles. The van der Waals surface area contributed by atoms with Gasteiger partial charge in [-0.1, -0.05) is 0 Å². The Hall–Kier alpha value is 0.629. The van der Waals surface area contributed by atoms with E-state index in [1.54, 1.807) is 20.8 Å². The van der Waals surface area contributed by atoms with E-state index in [0.29, 0.717) is 19.8 Å². The van der Waals surface area contributed by atoms with Gasteiger partial charge in [-0.05, 0) is 20.8 Å². The van der Waals surface area contributed by atoms with Gasteiger partial charge in [0.1, 0.15) is 0 Å². The van der Waals surface area contributed by atoms with Gasteiger partial charge in [0.2, 0.25) is 0 Å². The van der Waals surface area contributed by atoms with Gasteiger partial charge in [0.25, 0.3) is 0 Å². The second-order valence-corrected chi connectivity index (χ2v) is 3.37. The summed E-state index contributed by atoms with van der Waals surface area (Å²) < 4.78 is 25.8. The third kappa shape index (κ3) is 6.18. The summed E-state index contributed by atoms with van der Waals surface area (Å²) in [4.78, 5) is 0. The number of hydrogen-bond acceptors (Lipinski definition) is 4. The Morgan fingerprint density at radius 3 is 1.33 bits per heavy atom. The number of hydrogen-bond donors (Lipinski definition) is 0. The van der Waals surface area contributed by atoms with Crippen molar-refractivity contribution in [3.8, 4) is 0 Å². The molecule has 79 valence electrons. The number of phosphoric ester groups is 1. The van der Waals surface area contributed by atoms with Crippen LogP contribution in [0.25, 0.3) is 0 Å². The maximum absolute atomic E-state index is 11.3. The van der Waals surface area contributed by atoms with Crippen molar-refractivity contribution in [1.82, 2.24) is 0 Å². The molecular weight excluding hydrogens is 231 g/mol. The van der Waals surface area contributed by atoms with Gasteiger partial charge in [-0.25, -0.2) is 4.57 Å². The monoisotopic (exact) mass is 245 g/mol. The average molecular weight is 246 g/mol. The van der Waals surface area contributed by atoms with Gasteiger partial charge in [0.15, 0.2) is 0 Å². The van der Waals surface area contributed by atoms with Crippen LogP contribution in [-0.4, -0.2) is 19.8 Å². The van der Waals surface area contributed by atoms with Crippen molar-refractivity contribution in [2.45, 2.75) is 20.8 Å². The van der Waals surface area contributed by atoms with Gasteiger partial charge >= 0.3 is 7.82 Å². The van der Waals surface area contributed by atoms with Crippen LogP contribution in [0.2, 0.25) is 0 Å². The van der Waals surface area contributed by atoms with Crippen LogP contribution in [0, 0.1) is 0 Å². The van der Waals surface area contributed by atoms with E-state index in [-0.39, 0.29) is 17.1 Å². The maximum Gasteiger partial charge on any atom is 0.474 e. The molecule has 0 aromatic carbocycles. The number of rotatable bonds is 6. The van der Waals surface area contributed by atoms with Crippen molar-refractivity contribution in [3.63, 3.8) is 0 Å². The first-order chi connectivity index (χ1) is 5.18. The minimum atomic E-state index is -3.22. The Bertz CT molecular complexity index is 118. The molecule has 12 heavy (non-hydrogen) atoms. The summed E-state index contributed by atoms with van der Waals surface area (Å²) in [5.74, 6) is 0. The van der Waals surface area contributed by atoms with Crippen LogP contribution >= 0.6 is 7.82 Å². The molecule has 0 bridgehead atoms. The quantitative estimate of drug-likeness (QED) is 0.532. The smallest absolute Gasteiger partial charge is 0.287 e. The molecular formula is C6H15CuO4P. The molecule has 0 saturated heterocycles. The normalized spacial score (nSPS) is 10.9. The number of phosphoric acid groups is 1. The molecule has 4 nitrogen and oxygen atoms in total. The largest absolute Gasteiger partial charge is 0.474 e. The summed E-state index contributed by atoms with van der Waals surface area (Å²) >= 11 is 0. The fraction of sp³-hybridized carbons (Fsp3) is 1.00. The zero-order chi connectivity index (χ0) is 8.74. The third-order valence-corrected chi connectivity index (χ3v) is 2.58. The Labute approximate surface area is 84.0 Å². The fourth-order valence-electron chi connectivity index (χ4n) is 0.586. The molecule has 0 unspecified atom stereocenters. The van der Waals surface area contributed by atoms with Gasteiger partial charge < -0.3 is 0 Å². The summed E-state index contributed by atoms with van der Waals surface area (Å²) in [6.07, 6.45) is 0. The van der Waals surface area contributed by atoms with E-state index < -0.39 is 7.82 Å². The van der Waals surface area contributed by atoms with Crippen molar-refractivity contribution in [1.29, 1.82) is 0 Å². The van der Waals surface area contributed by atoms with Gasteiger partial charge in [-0.2, -0.15) is 0 Å². The van der Waals surface area contributed by atoms with Crippen molar-refractivity contribution in [2.24, 2.45) is 0 Å². The second-order valence-electron chi connectivity index (χ2n) is 1.70. The minimum absolute atomic E-state index is 0. The first-order valence-electron chi connectivity index (χ1n) is 3.72. The van der Waals surface area contributed by atoms with Crippen LogP contribution in [0.15, 0.2) is 0 Å². The molecule has 0 saturated carbocycles. The van der Waals surface area contributed by atoms with Gasteiger partial charge in [0.05, 0.1) is 19.8 Å². The molecule has 0 rings (SSSR count). The zero-order valence-electron chi connectivity index (χ0n) is 7.50. The molecule has 0 aromatic rings. The van der Waals surface area contributed by atoms with Crippen molar-refractivity contribution in [3.05, 3.63) is 0 Å². The van der Waals surface area contributed by atoms with Gasteiger partial charge in [0, 0.05) is 17.1 Å². The molecule has 0 aliphatic rings. The standard InChI is InChI=1S/C6H15O4P.Cu/c1-4-8-11(7,9-5-2)10-6-3;/h4-6H2,1-3H3;. The van der Waals surface area contributed by atoms with Crippen molar-refractivity contribution in [2.75, 3.05) is 19.8 Å². The molecule has 0 aliphatic heterocycles. The molecule has 0 spiro atoms. The van der Waals surface area contributed by atoms with E-state index in [1.807, 2.05) is 0 Å². The Kier molecular flexibility index (Phi) is 10.4. The SMILES string of the molecule is CCOP(=O)(OCC)OCC.[Cu]. The maximum atomic E-state index is 11.3. The topological polar surface area (TPSA) is 44.8 Å². The van der Waals surface area contributed by atoms with E-state index in [9.17, 15) is 4.57 Å². The van der Waals surface area contributed by atoms with E-state index >= 15 is 0 Å². The molecule has 0 aliphatic carbocycles. The van der Waals surface area contributed by atoms with Crippen molar-refractivity contribution < 1.29 is 35.2 Å². The average Bonchev–Trinajstić information content (AvgIpc) is 1.88. The van der Waals surface area contributed by atoms with Crippen LogP contribution in [-0.2, 0) is 35.2 Å². The van der Waals surface area contributed by atoms with Crippen LogP contribution in [0.1, 0.15) is 20.8 Å². The Balaban J connectivity index is 0. The summed E-state index contributed by atoms with van der Waals surface area (Å²) in [6.45, 7) is 6.21. The summed E-state index contributed by atoms with van der Waals surface area (Å²) in [7, 11) is -3.22. The molecule has 0 atom stereocenters. The second kappa shape index (κ2) is 8.24. The van der Waals surface area contributed by atoms with Gasteiger partial charge in [-0.15, -0.1) is 0 Å². The van der Waals surface area contributed by atoms with E-state index in [0.717, 1.165) is 0 Å². The van der Waals surface area contributed by atoms with Crippen LogP contribution in [0.4, 0.5) is 0 Å². The molecule has 0 amide bonds. The summed E-state index contributed by atoms with van der Waals surface area (Å²) in [5, 5.41) is 0. The summed E-state index contributed by atoms with van der Waals surface area (Å²) in [6, 6.07) is 0. The van der Waals surface area contributed by atoms with Crippen molar-refractivity contribution >= 4 is 7.82 Å². The molecule has 0 fully saturated rings. The predicted octanol–water partition coefficient (Wildman–Crippen LogP) is 2.20. The van der Waals surface area contributed by atoms with Gasteiger partial charge in [-0.3, -0.25) is 13.6 Å². The Morgan fingerprint density at radius 2 is 1.17 bits per heavy atom. The summed E-state index contributed by atoms with van der Waals surface area (Å²) in [5.41, 5.74) is 0. The Morgan fingerprint density at radius 1 is 0.917 bits per heavy atom. The molecule has 6 heteroatoms. The first-order valence-corrected chi connectivity index (χ1v) is 5.18.